The molecule has 0 aromatic rings. The number of allylic oxidation sites excluding steroid dienone is 1. The van der Waals surface area contributed by atoms with Crippen LogP contribution in [0.1, 0.15) is 40.0 Å². The molecule has 0 aliphatic rings. The molecule has 2 N–H and O–H groups in total. The summed E-state index contributed by atoms with van der Waals surface area (Å²) in [6, 6.07) is -0.775. The Labute approximate surface area is 90.4 Å². The van der Waals surface area contributed by atoms with Crippen LogP contribution in [0.3, 0.4) is 0 Å². The average molecular weight is 213 g/mol. The lowest BCUT2D eigenvalue weighted by atomic mass is 10.1. The zero-order valence-corrected chi connectivity index (χ0v) is 9.54. The zero-order valence-electron chi connectivity index (χ0n) is 9.54. The van der Waals surface area contributed by atoms with Crippen molar-refractivity contribution in [3.05, 3.63) is 11.6 Å². The number of carbonyl (C=O) groups is 2. The first kappa shape index (κ1) is 13.7. The van der Waals surface area contributed by atoms with Gasteiger partial charge in [0, 0.05) is 5.57 Å². The fourth-order valence-electron chi connectivity index (χ4n) is 1.22. The van der Waals surface area contributed by atoms with E-state index in [9.17, 15) is 9.59 Å². The van der Waals surface area contributed by atoms with E-state index in [-0.39, 0.29) is 5.91 Å². The summed E-state index contributed by atoms with van der Waals surface area (Å²) in [4.78, 5) is 22.3. The molecule has 4 heteroatoms. The van der Waals surface area contributed by atoms with E-state index in [1.165, 1.54) is 0 Å². The van der Waals surface area contributed by atoms with Gasteiger partial charge in [-0.15, -0.1) is 0 Å². The second-order valence-electron chi connectivity index (χ2n) is 3.45. The Kier molecular flexibility index (Phi) is 6.42. The molecule has 1 atom stereocenters. The Bertz CT molecular complexity index is 259. The number of carbonyl (C=O) groups excluding carboxylic acids is 1. The van der Waals surface area contributed by atoms with E-state index in [0.717, 1.165) is 12.8 Å². The van der Waals surface area contributed by atoms with Crippen molar-refractivity contribution in [2.45, 2.75) is 46.1 Å². The molecule has 0 radical (unpaired) electrons. The monoisotopic (exact) mass is 213 g/mol. The van der Waals surface area contributed by atoms with Crippen LogP contribution in [-0.4, -0.2) is 23.0 Å². The summed E-state index contributed by atoms with van der Waals surface area (Å²) >= 11 is 0. The summed E-state index contributed by atoms with van der Waals surface area (Å²) in [6.45, 7) is 5.50. The molecule has 15 heavy (non-hydrogen) atoms. The third-order valence-corrected chi connectivity index (χ3v) is 2.05. The van der Waals surface area contributed by atoms with Crippen LogP contribution in [0.25, 0.3) is 0 Å². The van der Waals surface area contributed by atoms with Crippen LogP contribution < -0.4 is 5.32 Å². The lowest BCUT2D eigenvalue weighted by Gasteiger charge is -2.13. The number of aliphatic carboxylic acids is 1. The first-order valence-corrected chi connectivity index (χ1v) is 5.23. The van der Waals surface area contributed by atoms with Gasteiger partial charge >= 0.3 is 5.97 Å². The van der Waals surface area contributed by atoms with Crippen LogP contribution in [0, 0.1) is 0 Å². The van der Waals surface area contributed by atoms with E-state index in [1.807, 2.05) is 13.8 Å². The molecule has 0 bridgehead atoms. The smallest absolute Gasteiger partial charge is 0.326 e. The minimum absolute atomic E-state index is 0.294. The van der Waals surface area contributed by atoms with Gasteiger partial charge in [0.15, 0.2) is 0 Å². The Balaban J connectivity index is 4.35. The molecule has 0 aromatic carbocycles. The quantitative estimate of drug-likeness (QED) is 0.660. The molecule has 0 spiro atoms. The summed E-state index contributed by atoms with van der Waals surface area (Å²) in [5, 5.41) is 11.3. The molecular weight excluding hydrogens is 194 g/mol. The van der Waals surface area contributed by atoms with Gasteiger partial charge in [0.05, 0.1) is 0 Å². The van der Waals surface area contributed by atoms with Crippen molar-refractivity contribution in [1.29, 1.82) is 0 Å². The highest BCUT2D eigenvalue weighted by atomic mass is 16.4. The normalized spacial score (nSPS) is 13.4. The predicted octanol–water partition coefficient (Wildman–Crippen LogP) is 1.71. The van der Waals surface area contributed by atoms with E-state index in [0.29, 0.717) is 12.0 Å². The number of nitrogens with one attached hydrogen (secondary N) is 1. The molecule has 0 heterocycles. The number of carboxylic acid groups (broad SMARTS) is 1. The second-order valence-corrected chi connectivity index (χ2v) is 3.45. The Hall–Kier alpha value is -1.32. The fourth-order valence-corrected chi connectivity index (χ4v) is 1.22. The first-order chi connectivity index (χ1) is 7.02. The zero-order chi connectivity index (χ0) is 11.8. The van der Waals surface area contributed by atoms with Gasteiger partial charge in [0.2, 0.25) is 5.91 Å². The minimum atomic E-state index is -0.977. The van der Waals surface area contributed by atoms with Crippen LogP contribution in [0.4, 0.5) is 0 Å². The molecule has 86 valence electrons. The molecule has 0 aromatic heterocycles. The van der Waals surface area contributed by atoms with Crippen LogP contribution in [0.5, 0.6) is 0 Å². The lowest BCUT2D eigenvalue weighted by molar-refractivity contribution is -0.141. The van der Waals surface area contributed by atoms with E-state index < -0.39 is 12.0 Å². The molecule has 0 aliphatic carbocycles. The molecule has 4 nitrogen and oxygen atoms in total. The van der Waals surface area contributed by atoms with Gasteiger partial charge in [-0.1, -0.05) is 26.3 Å². The molecule has 0 rings (SSSR count). The Morgan fingerprint density at radius 3 is 2.40 bits per heavy atom. The van der Waals surface area contributed by atoms with Crippen molar-refractivity contribution in [1.82, 2.24) is 5.32 Å². The fraction of sp³-hybridized carbons (Fsp3) is 0.636. The summed E-state index contributed by atoms with van der Waals surface area (Å²) in [5.41, 5.74) is 0.569. The van der Waals surface area contributed by atoms with Gasteiger partial charge in [-0.3, -0.25) is 4.79 Å². The predicted molar refractivity (Wildman–Crippen MR) is 58.5 cm³/mol. The van der Waals surface area contributed by atoms with E-state index >= 15 is 0 Å². The third kappa shape index (κ3) is 5.20. The topological polar surface area (TPSA) is 66.4 Å². The minimum Gasteiger partial charge on any atom is -0.480 e. The van der Waals surface area contributed by atoms with Gasteiger partial charge in [0.1, 0.15) is 6.04 Å². The standard InChI is InChI=1S/C11H19NO3/c1-4-6-8(3)10(13)12-9(7-5-2)11(14)15/h6,9H,4-5,7H2,1-3H3,(H,12,13)(H,14,15)/b8-6+. The van der Waals surface area contributed by atoms with Crippen molar-refractivity contribution < 1.29 is 14.7 Å². The van der Waals surface area contributed by atoms with Gasteiger partial charge in [-0.2, -0.15) is 0 Å². The van der Waals surface area contributed by atoms with E-state index in [1.54, 1.807) is 13.0 Å². The van der Waals surface area contributed by atoms with E-state index in [4.69, 9.17) is 5.11 Å². The maximum absolute atomic E-state index is 11.5. The van der Waals surface area contributed by atoms with Crippen LogP contribution >= 0.6 is 0 Å². The molecule has 0 aliphatic heterocycles. The highest BCUT2D eigenvalue weighted by Gasteiger charge is 2.18. The van der Waals surface area contributed by atoms with Crippen LogP contribution in [-0.2, 0) is 9.59 Å². The Morgan fingerprint density at radius 2 is 2.00 bits per heavy atom. The number of rotatable bonds is 6. The van der Waals surface area contributed by atoms with Gasteiger partial charge in [-0.25, -0.2) is 4.79 Å². The Morgan fingerprint density at radius 1 is 1.40 bits per heavy atom. The molecule has 1 unspecified atom stereocenters. The second kappa shape index (κ2) is 7.04. The van der Waals surface area contributed by atoms with Gasteiger partial charge in [-0.05, 0) is 19.8 Å². The maximum atomic E-state index is 11.5. The summed E-state index contributed by atoms with van der Waals surface area (Å²) in [6.07, 6.45) is 3.74. The molecule has 0 saturated carbocycles. The number of hydrogen-bond acceptors (Lipinski definition) is 2. The van der Waals surface area contributed by atoms with Crippen molar-refractivity contribution in [2.24, 2.45) is 0 Å². The number of amides is 1. The van der Waals surface area contributed by atoms with Crippen LogP contribution in [0.15, 0.2) is 11.6 Å². The number of carboxylic acids is 1. The van der Waals surface area contributed by atoms with Crippen molar-refractivity contribution in [3.8, 4) is 0 Å². The van der Waals surface area contributed by atoms with Crippen molar-refractivity contribution >= 4 is 11.9 Å². The SMILES string of the molecule is CC/C=C(\C)C(=O)NC(CCC)C(=O)O. The third-order valence-electron chi connectivity index (χ3n) is 2.05. The molecular formula is C11H19NO3. The van der Waals surface area contributed by atoms with Crippen LogP contribution in [0.2, 0.25) is 0 Å². The lowest BCUT2D eigenvalue weighted by Crippen LogP contribution is -2.41. The maximum Gasteiger partial charge on any atom is 0.326 e. The molecule has 0 fully saturated rings. The van der Waals surface area contributed by atoms with Crippen molar-refractivity contribution in [2.75, 3.05) is 0 Å². The van der Waals surface area contributed by atoms with Crippen molar-refractivity contribution in [3.63, 3.8) is 0 Å². The first-order valence-electron chi connectivity index (χ1n) is 5.23. The van der Waals surface area contributed by atoms with Gasteiger partial charge < -0.3 is 10.4 Å². The summed E-state index contributed by atoms with van der Waals surface area (Å²) in [7, 11) is 0. The summed E-state index contributed by atoms with van der Waals surface area (Å²) in [5.74, 6) is -1.27. The molecule has 1 amide bonds. The largest absolute Gasteiger partial charge is 0.480 e. The number of hydrogen-bond donors (Lipinski definition) is 2. The molecule has 0 saturated heterocycles. The van der Waals surface area contributed by atoms with Gasteiger partial charge in [0.25, 0.3) is 0 Å². The highest BCUT2D eigenvalue weighted by molar-refractivity contribution is 5.95. The summed E-state index contributed by atoms with van der Waals surface area (Å²) < 4.78 is 0. The average Bonchev–Trinajstić information content (AvgIpc) is 2.17. The van der Waals surface area contributed by atoms with E-state index in [2.05, 4.69) is 5.32 Å². The highest BCUT2D eigenvalue weighted by Crippen LogP contribution is 2.00.